The van der Waals surface area contributed by atoms with Crippen LogP contribution < -0.4 is 15.4 Å². The van der Waals surface area contributed by atoms with E-state index in [1.807, 2.05) is 16.9 Å². The maximum Gasteiger partial charge on any atom is 0.251 e. The Labute approximate surface area is 152 Å². The Hall–Kier alpha value is -2.54. The third kappa shape index (κ3) is 3.14. The van der Waals surface area contributed by atoms with E-state index in [1.54, 1.807) is 6.07 Å². The zero-order valence-corrected chi connectivity index (χ0v) is 15.1. The van der Waals surface area contributed by atoms with E-state index in [0.29, 0.717) is 19.8 Å². The quantitative estimate of drug-likeness (QED) is 0.911. The normalized spacial score (nSPS) is 20.8. The lowest BCUT2D eigenvalue weighted by Crippen LogP contribution is -2.35. The molecule has 0 amide bonds. The van der Waals surface area contributed by atoms with Crippen LogP contribution in [0.5, 0.6) is 0 Å². The second-order valence-corrected chi connectivity index (χ2v) is 6.81. The van der Waals surface area contributed by atoms with Gasteiger partial charge in [-0.3, -0.25) is 9.48 Å². The zero-order chi connectivity index (χ0) is 18.1. The molecular formula is C19H25N5O2. The molecule has 26 heavy (non-hydrogen) atoms. The molecule has 0 radical (unpaired) electrons. The topological polar surface area (TPSA) is 66.4 Å². The van der Waals surface area contributed by atoms with E-state index in [4.69, 9.17) is 4.74 Å². The second kappa shape index (κ2) is 6.99. The predicted molar refractivity (Wildman–Crippen MR) is 102 cm³/mol. The van der Waals surface area contributed by atoms with E-state index in [9.17, 15) is 4.79 Å². The average molecular weight is 355 g/mol. The Morgan fingerprint density at radius 3 is 3.04 bits per heavy atom. The standard InChI is InChI=1S/C19H25N5O2/c1-3-22-8-6-16(21-22)17-5-4-7-24(17)18-11-15(12-19(25)20-18)23-9-10-26-13-14(23)2/h6,8,11-12,17H,2-5,7,9-10,13H2,1H3,(H,20,25). The maximum atomic E-state index is 12.3. The summed E-state index contributed by atoms with van der Waals surface area (Å²) in [5.41, 5.74) is 2.72. The summed E-state index contributed by atoms with van der Waals surface area (Å²) in [4.78, 5) is 19.7. The largest absolute Gasteiger partial charge is 0.373 e. The van der Waals surface area contributed by atoms with Gasteiger partial charge < -0.3 is 19.5 Å². The predicted octanol–water partition coefficient (Wildman–Crippen LogP) is 2.28. The van der Waals surface area contributed by atoms with Crippen molar-refractivity contribution in [2.24, 2.45) is 0 Å². The molecule has 1 atom stereocenters. The monoisotopic (exact) mass is 355 g/mol. The molecule has 0 saturated carbocycles. The molecule has 7 heteroatoms. The Balaban J connectivity index is 1.66. The van der Waals surface area contributed by atoms with Gasteiger partial charge in [-0.2, -0.15) is 5.10 Å². The molecule has 2 aromatic heterocycles. The number of hydrogen-bond donors (Lipinski definition) is 1. The number of aromatic nitrogens is 3. The molecule has 4 rings (SSSR count). The van der Waals surface area contributed by atoms with Crippen molar-refractivity contribution >= 4 is 11.5 Å². The molecule has 0 aromatic carbocycles. The van der Waals surface area contributed by atoms with Gasteiger partial charge in [0.25, 0.3) is 5.56 Å². The highest BCUT2D eigenvalue weighted by Gasteiger charge is 2.29. The number of ether oxygens (including phenoxy) is 1. The minimum absolute atomic E-state index is 0.0958. The summed E-state index contributed by atoms with van der Waals surface area (Å²) in [5.74, 6) is 0.848. The van der Waals surface area contributed by atoms with Gasteiger partial charge in [0.05, 0.1) is 30.6 Å². The maximum absolute atomic E-state index is 12.3. The van der Waals surface area contributed by atoms with Gasteiger partial charge in [-0.15, -0.1) is 0 Å². The van der Waals surface area contributed by atoms with E-state index < -0.39 is 0 Å². The summed E-state index contributed by atoms with van der Waals surface area (Å²) in [6.45, 7) is 9.78. The zero-order valence-electron chi connectivity index (χ0n) is 15.1. The molecule has 2 fully saturated rings. The number of anilines is 2. The molecule has 1 unspecified atom stereocenters. The van der Waals surface area contributed by atoms with Gasteiger partial charge in [0.15, 0.2) is 0 Å². The smallest absolute Gasteiger partial charge is 0.251 e. The van der Waals surface area contributed by atoms with Gasteiger partial charge in [0.1, 0.15) is 5.82 Å². The summed E-state index contributed by atoms with van der Waals surface area (Å²) in [6.07, 6.45) is 4.14. The molecule has 0 spiro atoms. The van der Waals surface area contributed by atoms with Gasteiger partial charge in [0.2, 0.25) is 0 Å². The van der Waals surface area contributed by atoms with Crippen LogP contribution in [0.4, 0.5) is 11.5 Å². The molecule has 4 heterocycles. The molecule has 0 aliphatic carbocycles. The Kier molecular flexibility index (Phi) is 4.55. The molecule has 2 saturated heterocycles. The summed E-state index contributed by atoms with van der Waals surface area (Å²) >= 11 is 0. The van der Waals surface area contributed by atoms with E-state index in [2.05, 4.69) is 39.5 Å². The van der Waals surface area contributed by atoms with Crippen molar-refractivity contribution in [3.63, 3.8) is 0 Å². The Morgan fingerprint density at radius 2 is 2.27 bits per heavy atom. The van der Waals surface area contributed by atoms with Crippen LogP contribution >= 0.6 is 0 Å². The first kappa shape index (κ1) is 16.9. The van der Waals surface area contributed by atoms with Crippen LogP contribution in [0.3, 0.4) is 0 Å². The van der Waals surface area contributed by atoms with Gasteiger partial charge >= 0.3 is 0 Å². The number of hydrogen-bond acceptors (Lipinski definition) is 5. The minimum atomic E-state index is -0.0958. The van der Waals surface area contributed by atoms with Crippen LogP contribution in [0.15, 0.2) is 41.5 Å². The van der Waals surface area contributed by atoms with E-state index in [-0.39, 0.29) is 11.6 Å². The van der Waals surface area contributed by atoms with Gasteiger partial charge in [-0.25, -0.2) is 0 Å². The highest BCUT2D eigenvalue weighted by Crippen LogP contribution is 2.35. The fourth-order valence-corrected chi connectivity index (χ4v) is 3.81. The molecule has 0 bridgehead atoms. The average Bonchev–Trinajstić information content (AvgIpc) is 3.30. The van der Waals surface area contributed by atoms with Crippen LogP contribution in [0.1, 0.15) is 31.5 Å². The van der Waals surface area contributed by atoms with E-state index in [1.165, 1.54) is 0 Å². The second-order valence-electron chi connectivity index (χ2n) is 6.81. The molecule has 2 aliphatic rings. The first-order chi connectivity index (χ1) is 12.7. The molecule has 7 nitrogen and oxygen atoms in total. The lowest BCUT2D eigenvalue weighted by Gasteiger charge is -2.32. The number of aromatic amines is 1. The number of morpholine rings is 1. The van der Waals surface area contributed by atoms with Crippen LogP contribution in [0, 0.1) is 0 Å². The molecular weight excluding hydrogens is 330 g/mol. The number of aryl methyl sites for hydroxylation is 1. The van der Waals surface area contributed by atoms with Crippen LogP contribution in [0.2, 0.25) is 0 Å². The van der Waals surface area contributed by atoms with Crippen LogP contribution in [-0.4, -0.2) is 41.1 Å². The van der Waals surface area contributed by atoms with Gasteiger partial charge in [-0.05, 0) is 25.8 Å². The number of nitrogens with one attached hydrogen (secondary N) is 1. The molecule has 2 aromatic rings. The highest BCUT2D eigenvalue weighted by atomic mass is 16.5. The fourth-order valence-electron chi connectivity index (χ4n) is 3.81. The number of H-pyrrole nitrogens is 1. The third-order valence-corrected chi connectivity index (χ3v) is 5.13. The number of rotatable bonds is 4. The van der Waals surface area contributed by atoms with Crippen molar-refractivity contribution in [2.75, 3.05) is 36.1 Å². The summed E-state index contributed by atoms with van der Waals surface area (Å²) in [7, 11) is 0. The molecule has 2 aliphatic heterocycles. The SMILES string of the molecule is C=C1COCCN1c1cc(N2CCCC2c2ccn(CC)n2)[nH]c(=O)c1. The molecule has 138 valence electrons. The highest BCUT2D eigenvalue weighted by molar-refractivity contribution is 5.59. The first-order valence-corrected chi connectivity index (χ1v) is 9.23. The van der Waals surface area contributed by atoms with Crippen molar-refractivity contribution in [1.82, 2.24) is 14.8 Å². The van der Waals surface area contributed by atoms with Crippen molar-refractivity contribution in [1.29, 1.82) is 0 Å². The summed E-state index contributed by atoms with van der Waals surface area (Å²) < 4.78 is 7.38. The van der Waals surface area contributed by atoms with Crippen molar-refractivity contribution in [2.45, 2.75) is 32.4 Å². The Morgan fingerprint density at radius 1 is 1.38 bits per heavy atom. The first-order valence-electron chi connectivity index (χ1n) is 9.23. The molecule has 1 N–H and O–H groups in total. The fraction of sp³-hybridized carbons (Fsp3) is 0.474. The van der Waals surface area contributed by atoms with Crippen LogP contribution in [0.25, 0.3) is 0 Å². The minimum Gasteiger partial charge on any atom is -0.373 e. The summed E-state index contributed by atoms with van der Waals surface area (Å²) in [5, 5.41) is 4.68. The Bertz CT molecular complexity index is 856. The van der Waals surface area contributed by atoms with Crippen molar-refractivity contribution < 1.29 is 4.74 Å². The lowest BCUT2D eigenvalue weighted by atomic mass is 10.1. The lowest BCUT2D eigenvalue weighted by molar-refractivity contribution is 0.143. The van der Waals surface area contributed by atoms with E-state index in [0.717, 1.165) is 48.8 Å². The van der Waals surface area contributed by atoms with Gasteiger partial charge in [-0.1, -0.05) is 6.58 Å². The third-order valence-electron chi connectivity index (χ3n) is 5.13. The number of nitrogens with zero attached hydrogens (tertiary/aromatic N) is 4. The van der Waals surface area contributed by atoms with E-state index >= 15 is 0 Å². The van der Waals surface area contributed by atoms with Gasteiger partial charge in [0, 0.05) is 43.7 Å². The van der Waals surface area contributed by atoms with Crippen LogP contribution in [-0.2, 0) is 11.3 Å². The number of pyridine rings is 1. The van der Waals surface area contributed by atoms with Crippen molar-refractivity contribution in [3.8, 4) is 0 Å². The summed E-state index contributed by atoms with van der Waals surface area (Å²) in [6, 6.07) is 5.96. The van der Waals surface area contributed by atoms with Crippen molar-refractivity contribution in [3.05, 3.63) is 52.7 Å².